The van der Waals surface area contributed by atoms with Crippen LogP contribution >= 0.6 is 22.7 Å². The van der Waals surface area contributed by atoms with Crippen molar-refractivity contribution in [3.05, 3.63) is 27.9 Å². The average molecular weight is 282 g/mol. The van der Waals surface area contributed by atoms with Gasteiger partial charge >= 0.3 is 0 Å². The molecule has 0 saturated heterocycles. The zero-order valence-corrected chi connectivity index (χ0v) is 12.1. The first-order chi connectivity index (χ1) is 8.83. The van der Waals surface area contributed by atoms with Gasteiger partial charge in [0.1, 0.15) is 0 Å². The van der Waals surface area contributed by atoms with E-state index in [-0.39, 0.29) is 12.6 Å². The Balaban J connectivity index is 1.84. The van der Waals surface area contributed by atoms with E-state index in [2.05, 4.69) is 34.1 Å². The minimum atomic E-state index is 0.203. The van der Waals surface area contributed by atoms with Gasteiger partial charge in [-0.3, -0.25) is 0 Å². The van der Waals surface area contributed by atoms with Gasteiger partial charge in [-0.1, -0.05) is 13.0 Å². The molecule has 98 valence electrons. The smallest absolute Gasteiger partial charge is 0.0945 e. The number of thiazole rings is 1. The molecule has 0 fully saturated rings. The number of rotatable bonds is 7. The first-order valence-corrected chi connectivity index (χ1v) is 7.92. The molecule has 0 aliphatic rings. The minimum Gasteiger partial charge on any atom is -0.395 e. The molecule has 3 nitrogen and oxygen atoms in total. The van der Waals surface area contributed by atoms with Crippen molar-refractivity contribution < 1.29 is 5.11 Å². The Morgan fingerprint density at radius 1 is 1.44 bits per heavy atom. The molecular formula is C13H18N2OS2. The Labute approximate surface area is 116 Å². The summed E-state index contributed by atoms with van der Waals surface area (Å²) in [7, 11) is 0. The molecule has 5 heteroatoms. The van der Waals surface area contributed by atoms with Gasteiger partial charge in [-0.15, -0.1) is 22.7 Å². The lowest BCUT2D eigenvalue weighted by molar-refractivity contribution is 0.240. The largest absolute Gasteiger partial charge is 0.395 e. The normalized spacial score (nSPS) is 12.8. The Morgan fingerprint density at radius 2 is 2.33 bits per heavy atom. The Kier molecular flexibility index (Phi) is 5.31. The summed E-state index contributed by atoms with van der Waals surface area (Å²) in [4.78, 5) is 5.86. The van der Waals surface area contributed by atoms with Gasteiger partial charge in [-0.25, -0.2) is 4.98 Å². The molecule has 0 bridgehead atoms. The molecule has 1 atom stereocenters. The molecule has 0 aromatic carbocycles. The van der Waals surface area contributed by atoms with E-state index in [4.69, 9.17) is 5.11 Å². The van der Waals surface area contributed by atoms with Crippen molar-refractivity contribution in [3.63, 3.8) is 0 Å². The second kappa shape index (κ2) is 6.99. The second-order valence-corrected chi connectivity index (χ2v) is 5.99. The highest BCUT2D eigenvalue weighted by molar-refractivity contribution is 7.14. The summed E-state index contributed by atoms with van der Waals surface area (Å²) < 4.78 is 0. The summed E-state index contributed by atoms with van der Waals surface area (Å²) in [5.41, 5.74) is 1.08. The highest BCUT2D eigenvalue weighted by atomic mass is 32.1. The van der Waals surface area contributed by atoms with Crippen LogP contribution in [0.4, 0.5) is 0 Å². The van der Waals surface area contributed by atoms with Crippen LogP contribution < -0.4 is 5.32 Å². The van der Waals surface area contributed by atoms with Gasteiger partial charge < -0.3 is 10.4 Å². The predicted octanol–water partition coefficient (Wildman–Crippen LogP) is 2.77. The zero-order valence-electron chi connectivity index (χ0n) is 10.4. The van der Waals surface area contributed by atoms with Crippen LogP contribution in [0, 0.1) is 0 Å². The molecule has 2 aromatic heterocycles. The van der Waals surface area contributed by atoms with Crippen molar-refractivity contribution in [2.45, 2.75) is 25.8 Å². The van der Waals surface area contributed by atoms with Crippen molar-refractivity contribution >= 4 is 22.7 Å². The lowest BCUT2D eigenvalue weighted by Crippen LogP contribution is -2.33. The molecule has 0 aliphatic carbocycles. The third-order valence-corrected chi connectivity index (χ3v) is 4.61. The Hall–Kier alpha value is -0.750. The maximum atomic E-state index is 9.08. The van der Waals surface area contributed by atoms with Crippen LogP contribution in [0.5, 0.6) is 0 Å². The van der Waals surface area contributed by atoms with Gasteiger partial charge in [-0.05, 0) is 17.9 Å². The van der Waals surface area contributed by atoms with Gasteiger partial charge in [0.15, 0.2) is 0 Å². The molecule has 0 saturated carbocycles. The molecule has 0 amide bonds. The topological polar surface area (TPSA) is 45.1 Å². The number of hydrogen-bond acceptors (Lipinski definition) is 5. The fraction of sp³-hybridized carbons (Fsp3) is 0.462. The summed E-state index contributed by atoms with van der Waals surface area (Å²) in [6.45, 7) is 3.15. The summed E-state index contributed by atoms with van der Waals surface area (Å²) in [6.07, 6.45) is 1.88. The van der Waals surface area contributed by atoms with Gasteiger partial charge in [0, 0.05) is 24.4 Å². The molecule has 2 N–H and O–H groups in total. The maximum absolute atomic E-state index is 9.08. The van der Waals surface area contributed by atoms with Crippen molar-refractivity contribution in [1.29, 1.82) is 0 Å². The second-order valence-electron chi connectivity index (χ2n) is 4.10. The fourth-order valence-corrected chi connectivity index (χ4v) is 3.24. The maximum Gasteiger partial charge on any atom is 0.0945 e. The molecule has 2 rings (SSSR count). The van der Waals surface area contributed by atoms with Crippen LogP contribution in [0.3, 0.4) is 0 Å². The van der Waals surface area contributed by atoms with Crippen LogP contribution in [-0.2, 0) is 6.42 Å². The lowest BCUT2D eigenvalue weighted by atomic mass is 10.2. The Morgan fingerprint density at radius 3 is 3.00 bits per heavy atom. The molecule has 1 unspecified atom stereocenters. The number of hydrogen-bond donors (Lipinski definition) is 2. The van der Waals surface area contributed by atoms with E-state index in [1.807, 2.05) is 6.07 Å². The van der Waals surface area contributed by atoms with Crippen LogP contribution in [0.15, 0.2) is 22.9 Å². The predicted molar refractivity (Wildman–Crippen MR) is 78.3 cm³/mol. The van der Waals surface area contributed by atoms with Gasteiger partial charge in [0.25, 0.3) is 0 Å². The van der Waals surface area contributed by atoms with Crippen molar-refractivity contribution in [2.75, 3.05) is 13.2 Å². The van der Waals surface area contributed by atoms with Crippen LogP contribution in [0.25, 0.3) is 10.6 Å². The van der Waals surface area contributed by atoms with Crippen LogP contribution in [0.1, 0.15) is 18.4 Å². The molecule has 0 spiro atoms. The first-order valence-electron chi connectivity index (χ1n) is 6.16. The monoisotopic (exact) mass is 282 g/mol. The molecule has 2 heterocycles. The summed E-state index contributed by atoms with van der Waals surface area (Å²) in [5.74, 6) is 0. The van der Waals surface area contributed by atoms with E-state index in [9.17, 15) is 0 Å². The van der Waals surface area contributed by atoms with E-state index in [1.165, 1.54) is 4.88 Å². The standard InChI is InChI=1S/C13H18N2OS2/c1-2-10(8-16)14-6-5-13-15-11(9-18-13)12-4-3-7-17-12/h3-4,7,9-10,14,16H,2,5-6,8H2,1H3. The molecule has 18 heavy (non-hydrogen) atoms. The van der Waals surface area contributed by atoms with Gasteiger partial charge in [0.05, 0.1) is 22.2 Å². The minimum absolute atomic E-state index is 0.203. The SMILES string of the molecule is CCC(CO)NCCc1nc(-c2cccs2)cs1. The van der Waals surface area contributed by atoms with E-state index in [1.54, 1.807) is 22.7 Å². The number of aliphatic hydroxyl groups is 1. The molecular weight excluding hydrogens is 264 g/mol. The first kappa shape index (κ1) is 13.7. The number of nitrogens with zero attached hydrogens (tertiary/aromatic N) is 1. The van der Waals surface area contributed by atoms with Gasteiger partial charge in [-0.2, -0.15) is 0 Å². The number of thiophene rings is 1. The van der Waals surface area contributed by atoms with E-state index in [0.29, 0.717) is 0 Å². The highest BCUT2D eigenvalue weighted by Crippen LogP contribution is 2.26. The highest BCUT2D eigenvalue weighted by Gasteiger charge is 2.07. The van der Waals surface area contributed by atoms with E-state index >= 15 is 0 Å². The summed E-state index contributed by atoms with van der Waals surface area (Å²) in [6, 6.07) is 4.36. The average Bonchev–Trinajstić information content (AvgIpc) is 3.05. The lowest BCUT2D eigenvalue weighted by Gasteiger charge is -2.12. The number of aromatic nitrogens is 1. The third kappa shape index (κ3) is 3.62. The zero-order chi connectivity index (χ0) is 12.8. The number of aliphatic hydroxyl groups excluding tert-OH is 1. The van der Waals surface area contributed by atoms with E-state index < -0.39 is 0 Å². The van der Waals surface area contributed by atoms with Crippen LogP contribution in [0.2, 0.25) is 0 Å². The molecule has 2 aromatic rings. The fourth-order valence-electron chi connectivity index (χ4n) is 1.68. The van der Waals surface area contributed by atoms with Crippen LogP contribution in [-0.4, -0.2) is 29.3 Å². The third-order valence-electron chi connectivity index (χ3n) is 2.81. The Bertz CT molecular complexity index is 449. The number of nitrogens with one attached hydrogen (secondary N) is 1. The molecule has 0 radical (unpaired) electrons. The quantitative estimate of drug-likeness (QED) is 0.821. The van der Waals surface area contributed by atoms with Crippen molar-refractivity contribution in [3.8, 4) is 10.6 Å². The van der Waals surface area contributed by atoms with E-state index in [0.717, 1.165) is 30.1 Å². The van der Waals surface area contributed by atoms with Crippen molar-refractivity contribution in [2.24, 2.45) is 0 Å². The summed E-state index contributed by atoms with van der Waals surface area (Å²) >= 11 is 3.43. The van der Waals surface area contributed by atoms with Gasteiger partial charge in [0.2, 0.25) is 0 Å². The van der Waals surface area contributed by atoms with Crippen molar-refractivity contribution in [1.82, 2.24) is 10.3 Å². The summed E-state index contributed by atoms with van der Waals surface area (Å²) in [5, 5.41) is 17.7. The molecule has 0 aliphatic heterocycles.